The Morgan fingerprint density at radius 1 is 1.25 bits per heavy atom. The normalized spacial score (nSPS) is 11.6. The van der Waals surface area contributed by atoms with Crippen LogP contribution in [0.5, 0.6) is 0 Å². The number of rotatable bonds is 3. The minimum atomic E-state index is -4.62. The van der Waals surface area contributed by atoms with Gasteiger partial charge in [0, 0.05) is 0 Å². The minimum Gasteiger partial charge on any atom is -0.249 e. The zero-order valence-corrected chi connectivity index (χ0v) is 8.93. The van der Waals surface area contributed by atoms with Crippen LogP contribution in [-0.2, 0) is 16.8 Å². The summed E-state index contributed by atoms with van der Waals surface area (Å²) < 4.78 is 35.3. The van der Waals surface area contributed by atoms with Crippen molar-refractivity contribution in [2.24, 2.45) is 0 Å². The second-order valence-electron chi connectivity index (χ2n) is 3.17. The smallest absolute Gasteiger partial charge is 0.249 e. The van der Waals surface area contributed by atoms with Crippen LogP contribution in [0.1, 0.15) is 5.56 Å². The molecule has 0 amide bonds. The number of benzene rings is 1. The van der Waals surface area contributed by atoms with Gasteiger partial charge in [0.05, 0.1) is 11.4 Å². The van der Waals surface area contributed by atoms with E-state index < -0.39 is 10.2 Å². The predicted molar refractivity (Wildman–Crippen MR) is 53.9 cm³/mol. The molecule has 1 aromatic carbocycles. The van der Waals surface area contributed by atoms with Crippen LogP contribution in [0.15, 0.2) is 41.8 Å². The molecule has 0 aliphatic carbocycles. The molecule has 16 heavy (non-hydrogen) atoms. The molecule has 0 saturated carbocycles. The van der Waals surface area contributed by atoms with E-state index in [1.54, 1.807) is 11.0 Å². The summed E-state index contributed by atoms with van der Waals surface area (Å²) in [5.74, 6) is 0. The Labute approximate surface area is 91.8 Å². The molecular weight excluding hydrogens is 233 g/mol. The van der Waals surface area contributed by atoms with Crippen LogP contribution in [0.4, 0.5) is 3.89 Å². The van der Waals surface area contributed by atoms with E-state index in [0.29, 0.717) is 6.54 Å². The standard InChI is InChI=1S/C9H8FN3O2S/c10-16(14,15)9-3-1-8(2-4-9)5-13-7-11-6-12-13/h1-4,6-7H,5H2. The first kappa shape index (κ1) is 10.7. The molecule has 0 N–H and O–H groups in total. The first-order chi connectivity index (χ1) is 7.55. The average Bonchev–Trinajstić information content (AvgIpc) is 2.70. The topological polar surface area (TPSA) is 64.8 Å². The minimum absolute atomic E-state index is 0.338. The van der Waals surface area contributed by atoms with Crippen molar-refractivity contribution in [3.8, 4) is 0 Å². The van der Waals surface area contributed by atoms with Gasteiger partial charge in [-0.3, -0.25) is 0 Å². The summed E-state index contributed by atoms with van der Waals surface area (Å²) in [6.45, 7) is 0.465. The van der Waals surface area contributed by atoms with Crippen molar-refractivity contribution in [1.29, 1.82) is 0 Å². The maximum Gasteiger partial charge on any atom is 0.332 e. The second-order valence-corrected chi connectivity index (χ2v) is 4.52. The first-order valence-electron chi connectivity index (χ1n) is 4.42. The van der Waals surface area contributed by atoms with Crippen LogP contribution in [0.25, 0.3) is 0 Å². The van der Waals surface area contributed by atoms with E-state index in [2.05, 4.69) is 10.1 Å². The Hall–Kier alpha value is -1.76. The van der Waals surface area contributed by atoms with Gasteiger partial charge in [0.25, 0.3) is 0 Å². The van der Waals surface area contributed by atoms with E-state index in [9.17, 15) is 12.3 Å². The summed E-state index contributed by atoms with van der Waals surface area (Å²) in [6, 6.07) is 5.52. The van der Waals surface area contributed by atoms with Gasteiger partial charge in [-0.1, -0.05) is 12.1 Å². The van der Waals surface area contributed by atoms with Gasteiger partial charge in [0.1, 0.15) is 12.7 Å². The highest BCUT2D eigenvalue weighted by Crippen LogP contribution is 2.13. The highest BCUT2D eigenvalue weighted by atomic mass is 32.3. The van der Waals surface area contributed by atoms with Gasteiger partial charge in [-0.05, 0) is 17.7 Å². The van der Waals surface area contributed by atoms with Crippen LogP contribution in [0.3, 0.4) is 0 Å². The molecule has 84 valence electrons. The quantitative estimate of drug-likeness (QED) is 0.751. The summed E-state index contributed by atoms with van der Waals surface area (Å²) in [6.07, 6.45) is 2.94. The Morgan fingerprint density at radius 3 is 2.44 bits per heavy atom. The Bertz CT molecular complexity index is 563. The van der Waals surface area contributed by atoms with Crippen LogP contribution in [-0.4, -0.2) is 23.2 Å². The fourth-order valence-corrected chi connectivity index (χ4v) is 1.72. The summed E-state index contributed by atoms with van der Waals surface area (Å²) in [5.41, 5.74) is 0.818. The van der Waals surface area contributed by atoms with Gasteiger partial charge in [0.15, 0.2) is 0 Å². The summed E-state index contributed by atoms with van der Waals surface area (Å²) in [5, 5.41) is 3.90. The molecule has 1 heterocycles. The van der Waals surface area contributed by atoms with Crippen LogP contribution in [0, 0.1) is 0 Å². The second kappa shape index (κ2) is 4.01. The predicted octanol–water partition coefficient (Wildman–Crippen LogP) is 0.985. The lowest BCUT2D eigenvalue weighted by atomic mass is 10.2. The molecule has 1 aromatic heterocycles. The third kappa shape index (κ3) is 2.43. The number of aromatic nitrogens is 3. The van der Waals surface area contributed by atoms with Crippen molar-refractivity contribution >= 4 is 10.2 Å². The lowest BCUT2D eigenvalue weighted by Crippen LogP contribution is -2.00. The molecule has 5 nitrogen and oxygen atoms in total. The molecule has 0 aliphatic rings. The van der Waals surface area contributed by atoms with Gasteiger partial charge < -0.3 is 0 Å². The van der Waals surface area contributed by atoms with E-state index in [1.165, 1.54) is 30.6 Å². The maximum atomic E-state index is 12.6. The van der Waals surface area contributed by atoms with Gasteiger partial charge in [-0.15, -0.1) is 3.89 Å². The van der Waals surface area contributed by atoms with E-state index in [-0.39, 0.29) is 4.90 Å². The molecule has 7 heteroatoms. The zero-order valence-electron chi connectivity index (χ0n) is 8.12. The average molecular weight is 241 g/mol. The molecule has 0 saturated heterocycles. The molecule has 2 rings (SSSR count). The van der Waals surface area contributed by atoms with Crippen molar-refractivity contribution < 1.29 is 12.3 Å². The number of nitrogens with zero attached hydrogens (tertiary/aromatic N) is 3. The molecule has 0 fully saturated rings. The highest BCUT2D eigenvalue weighted by molar-refractivity contribution is 7.86. The molecule has 0 atom stereocenters. The van der Waals surface area contributed by atoms with Crippen LogP contribution < -0.4 is 0 Å². The van der Waals surface area contributed by atoms with E-state index in [1.807, 2.05) is 0 Å². The van der Waals surface area contributed by atoms with Crippen molar-refractivity contribution in [3.63, 3.8) is 0 Å². The van der Waals surface area contributed by atoms with Crippen molar-refractivity contribution in [2.75, 3.05) is 0 Å². The molecule has 0 spiro atoms. The summed E-state index contributed by atoms with van der Waals surface area (Å²) >= 11 is 0. The van der Waals surface area contributed by atoms with Crippen molar-refractivity contribution in [1.82, 2.24) is 14.8 Å². The molecular formula is C9H8FN3O2S. The lowest BCUT2D eigenvalue weighted by molar-refractivity contribution is 0.552. The van der Waals surface area contributed by atoms with Gasteiger partial charge in [0.2, 0.25) is 0 Å². The van der Waals surface area contributed by atoms with E-state index in [0.717, 1.165) is 5.56 Å². The number of hydrogen-bond acceptors (Lipinski definition) is 4. The van der Waals surface area contributed by atoms with Crippen molar-refractivity contribution in [3.05, 3.63) is 42.5 Å². The Kier molecular flexibility index (Phi) is 2.69. The zero-order chi connectivity index (χ0) is 11.6. The summed E-state index contributed by atoms with van der Waals surface area (Å²) in [7, 11) is -4.62. The molecule has 2 aromatic rings. The monoisotopic (exact) mass is 241 g/mol. The Morgan fingerprint density at radius 2 is 1.94 bits per heavy atom. The van der Waals surface area contributed by atoms with E-state index in [4.69, 9.17) is 0 Å². The van der Waals surface area contributed by atoms with Gasteiger partial charge >= 0.3 is 10.2 Å². The van der Waals surface area contributed by atoms with Gasteiger partial charge in [-0.25, -0.2) is 9.67 Å². The SMILES string of the molecule is O=S(=O)(F)c1ccc(Cn2cncn2)cc1. The van der Waals surface area contributed by atoms with E-state index >= 15 is 0 Å². The lowest BCUT2D eigenvalue weighted by Gasteiger charge is -2.01. The Balaban J connectivity index is 2.20. The largest absolute Gasteiger partial charge is 0.332 e. The third-order valence-electron chi connectivity index (χ3n) is 2.02. The first-order valence-corrected chi connectivity index (χ1v) is 5.80. The fraction of sp³-hybridized carbons (Fsp3) is 0.111. The highest BCUT2D eigenvalue weighted by Gasteiger charge is 2.10. The van der Waals surface area contributed by atoms with Crippen LogP contribution >= 0.6 is 0 Å². The molecule has 0 aliphatic heterocycles. The van der Waals surface area contributed by atoms with Gasteiger partial charge in [-0.2, -0.15) is 13.5 Å². The number of halogens is 1. The molecule has 0 bridgehead atoms. The summed E-state index contributed by atoms with van der Waals surface area (Å²) in [4.78, 5) is 3.43. The number of hydrogen-bond donors (Lipinski definition) is 0. The maximum absolute atomic E-state index is 12.6. The molecule has 0 radical (unpaired) electrons. The fourth-order valence-electron chi connectivity index (χ4n) is 1.26. The van der Waals surface area contributed by atoms with Crippen molar-refractivity contribution in [2.45, 2.75) is 11.4 Å². The third-order valence-corrected chi connectivity index (χ3v) is 2.85. The molecule has 0 unspecified atom stereocenters. The van der Waals surface area contributed by atoms with Crippen LogP contribution in [0.2, 0.25) is 0 Å².